The number of hydrogen-bond acceptors (Lipinski definition) is 2. The summed E-state index contributed by atoms with van der Waals surface area (Å²) in [5, 5.41) is 2.47. The first-order valence-corrected chi connectivity index (χ1v) is 7.57. The summed E-state index contributed by atoms with van der Waals surface area (Å²) in [6, 6.07) is 14.8. The van der Waals surface area contributed by atoms with Crippen LogP contribution in [-0.4, -0.2) is 11.7 Å². The Morgan fingerprint density at radius 1 is 1.13 bits per heavy atom. The van der Waals surface area contributed by atoms with Crippen molar-refractivity contribution in [1.82, 2.24) is 0 Å². The van der Waals surface area contributed by atoms with Crippen molar-refractivity contribution in [2.75, 3.05) is 0 Å². The highest BCUT2D eigenvalue weighted by Gasteiger charge is 2.18. The van der Waals surface area contributed by atoms with Crippen molar-refractivity contribution < 1.29 is 0 Å². The Morgan fingerprint density at radius 3 is 2.61 bits per heavy atom. The van der Waals surface area contributed by atoms with Crippen molar-refractivity contribution in [1.29, 1.82) is 0 Å². The number of allylic oxidation sites excluding steroid dienone is 3. The van der Waals surface area contributed by atoms with E-state index in [1.807, 2.05) is 13.8 Å². The number of fused-ring (bicyclic) bond motifs is 1. The van der Waals surface area contributed by atoms with Gasteiger partial charge in [0, 0.05) is 18.3 Å². The molecule has 0 aromatic heterocycles. The molecule has 4 N–H and O–H groups in total. The van der Waals surface area contributed by atoms with E-state index in [1.165, 1.54) is 16.3 Å². The minimum absolute atomic E-state index is 0.0660. The molecule has 1 heterocycles. The summed E-state index contributed by atoms with van der Waals surface area (Å²) in [5.74, 6) is 0.0660. The summed E-state index contributed by atoms with van der Waals surface area (Å²) in [6.07, 6.45) is 2.50. The van der Waals surface area contributed by atoms with Gasteiger partial charge >= 0.3 is 0 Å². The zero-order valence-electron chi connectivity index (χ0n) is 13.4. The third kappa shape index (κ3) is 3.16. The van der Waals surface area contributed by atoms with Crippen LogP contribution in [0.3, 0.4) is 0 Å². The van der Waals surface area contributed by atoms with E-state index in [-0.39, 0.29) is 5.96 Å². The van der Waals surface area contributed by atoms with Crippen LogP contribution in [0.2, 0.25) is 0 Å². The van der Waals surface area contributed by atoms with Crippen LogP contribution in [-0.2, 0) is 0 Å². The van der Waals surface area contributed by atoms with E-state index in [4.69, 9.17) is 16.5 Å². The minimum atomic E-state index is 0.0660. The van der Waals surface area contributed by atoms with Crippen LogP contribution in [0.4, 0.5) is 0 Å². The maximum absolute atomic E-state index is 5.38. The summed E-state index contributed by atoms with van der Waals surface area (Å²) in [6.45, 7) is 4.03. The second kappa shape index (κ2) is 6.08. The number of hydrogen-bond donors (Lipinski definition) is 2. The van der Waals surface area contributed by atoms with Gasteiger partial charge in [-0.05, 0) is 47.4 Å². The maximum Gasteiger partial charge on any atom is 0.190 e. The van der Waals surface area contributed by atoms with Crippen LogP contribution in [0, 0.1) is 0 Å². The van der Waals surface area contributed by atoms with Crippen molar-refractivity contribution in [3.63, 3.8) is 0 Å². The van der Waals surface area contributed by atoms with Gasteiger partial charge in [0.1, 0.15) is 0 Å². The number of nitrogens with two attached hydrogens (primary N) is 2. The van der Waals surface area contributed by atoms with E-state index >= 15 is 0 Å². The molecule has 23 heavy (non-hydrogen) atoms. The molecular weight excluding hydrogens is 284 g/mol. The first-order valence-electron chi connectivity index (χ1n) is 7.57. The van der Waals surface area contributed by atoms with Crippen molar-refractivity contribution in [3.05, 3.63) is 71.1 Å². The van der Waals surface area contributed by atoms with Gasteiger partial charge in [-0.15, -0.1) is 0 Å². The largest absolute Gasteiger partial charge is 0.370 e. The molecule has 0 unspecified atom stereocenters. The fraction of sp³-hybridized carbons (Fsp3) is 0.158. The zero-order chi connectivity index (χ0) is 16.4. The van der Waals surface area contributed by atoms with E-state index in [9.17, 15) is 0 Å². The molecule has 0 atom stereocenters. The van der Waals surface area contributed by atoms with Gasteiger partial charge in [-0.3, -0.25) is 4.99 Å². The lowest BCUT2D eigenvalue weighted by atomic mass is 9.98. The molecule has 0 spiro atoms. The Kier molecular flexibility index (Phi) is 3.98. The van der Waals surface area contributed by atoms with Crippen LogP contribution < -0.4 is 11.5 Å². The van der Waals surface area contributed by atoms with Gasteiger partial charge in [0.15, 0.2) is 5.96 Å². The Morgan fingerprint density at radius 2 is 1.87 bits per heavy atom. The molecule has 0 saturated heterocycles. The van der Waals surface area contributed by atoms with Gasteiger partial charge in [-0.2, -0.15) is 0 Å². The molecule has 3 rings (SSSR count). The Balaban J connectivity index is 1.88. The second-order valence-electron chi connectivity index (χ2n) is 5.73. The van der Waals surface area contributed by atoms with Crippen molar-refractivity contribution in [2.45, 2.75) is 20.3 Å². The summed E-state index contributed by atoms with van der Waals surface area (Å²) in [5.41, 5.74) is 16.2. The van der Waals surface area contributed by atoms with Gasteiger partial charge < -0.3 is 11.5 Å². The Hall–Kier alpha value is -2.88. The Bertz CT molecular complexity index is 881. The topological polar surface area (TPSA) is 76.8 Å². The fourth-order valence-corrected chi connectivity index (χ4v) is 2.81. The summed E-state index contributed by atoms with van der Waals surface area (Å²) in [7, 11) is 0. The van der Waals surface area contributed by atoms with E-state index in [2.05, 4.69) is 47.5 Å². The molecule has 0 saturated carbocycles. The molecule has 4 nitrogen and oxygen atoms in total. The third-order valence-electron chi connectivity index (χ3n) is 4.05. The summed E-state index contributed by atoms with van der Waals surface area (Å²) >= 11 is 0. The number of nitrogens with zero attached hydrogens (tertiary/aromatic N) is 2. The summed E-state index contributed by atoms with van der Waals surface area (Å²) in [4.78, 5) is 8.71. The molecule has 0 radical (unpaired) electrons. The predicted octanol–water partition coefficient (Wildman–Crippen LogP) is 3.48. The normalized spacial score (nSPS) is 15.0. The molecule has 0 bridgehead atoms. The van der Waals surface area contributed by atoms with Crippen molar-refractivity contribution in [3.8, 4) is 0 Å². The average molecular weight is 304 g/mol. The lowest BCUT2D eigenvalue weighted by molar-refractivity contribution is 1.19. The number of aliphatic imine (C=N–C) groups is 2. The van der Waals surface area contributed by atoms with Crippen LogP contribution >= 0.6 is 0 Å². The molecule has 0 amide bonds. The SMILES string of the molecule is CC1=C(/C(C)=C/N=C(N)N)CC(c2ccc3ccccc3c2)=N1. The van der Waals surface area contributed by atoms with E-state index in [0.29, 0.717) is 0 Å². The molecule has 2 aromatic rings. The molecule has 1 aliphatic rings. The first-order chi connectivity index (χ1) is 11.0. The van der Waals surface area contributed by atoms with Gasteiger partial charge in [0.05, 0.1) is 5.71 Å². The van der Waals surface area contributed by atoms with Crippen LogP contribution in [0.5, 0.6) is 0 Å². The molecule has 0 fully saturated rings. The number of rotatable bonds is 3. The Labute approximate surface area is 135 Å². The molecule has 116 valence electrons. The fourth-order valence-electron chi connectivity index (χ4n) is 2.81. The van der Waals surface area contributed by atoms with Gasteiger partial charge in [-0.1, -0.05) is 36.4 Å². The maximum atomic E-state index is 5.38. The quantitative estimate of drug-likeness (QED) is 0.672. The smallest absolute Gasteiger partial charge is 0.190 e. The molecule has 4 heteroatoms. The molecular formula is C19H20N4. The van der Waals surface area contributed by atoms with Crippen LogP contribution in [0.1, 0.15) is 25.8 Å². The highest BCUT2D eigenvalue weighted by Crippen LogP contribution is 2.29. The predicted molar refractivity (Wildman–Crippen MR) is 97.4 cm³/mol. The van der Waals surface area contributed by atoms with Crippen molar-refractivity contribution >= 4 is 22.4 Å². The van der Waals surface area contributed by atoms with Gasteiger partial charge in [0.2, 0.25) is 0 Å². The van der Waals surface area contributed by atoms with E-state index in [1.54, 1.807) is 6.20 Å². The minimum Gasteiger partial charge on any atom is -0.370 e. The van der Waals surface area contributed by atoms with E-state index in [0.717, 1.165) is 29.0 Å². The summed E-state index contributed by atoms with van der Waals surface area (Å²) < 4.78 is 0. The van der Waals surface area contributed by atoms with Crippen LogP contribution in [0.15, 0.2) is 75.5 Å². The molecule has 0 aliphatic carbocycles. The standard InChI is InChI=1S/C19H20N4/c1-12(11-22-19(20)21)17-10-18(23-13(17)2)16-8-7-14-5-3-4-6-15(14)9-16/h3-9,11H,10H2,1-2H3,(H4,20,21,22)/b12-11+. The lowest BCUT2D eigenvalue weighted by Gasteiger charge is -2.06. The third-order valence-corrected chi connectivity index (χ3v) is 4.05. The molecule has 1 aliphatic heterocycles. The first kappa shape index (κ1) is 15.0. The van der Waals surface area contributed by atoms with Crippen LogP contribution in [0.25, 0.3) is 10.8 Å². The van der Waals surface area contributed by atoms with Crippen molar-refractivity contribution in [2.24, 2.45) is 21.5 Å². The average Bonchev–Trinajstić information content (AvgIpc) is 2.94. The number of guanidine groups is 1. The van der Waals surface area contributed by atoms with E-state index < -0.39 is 0 Å². The monoisotopic (exact) mass is 304 g/mol. The second-order valence-corrected chi connectivity index (χ2v) is 5.73. The molecule has 2 aromatic carbocycles. The number of benzene rings is 2. The van der Waals surface area contributed by atoms with Gasteiger partial charge in [-0.25, -0.2) is 4.99 Å². The highest BCUT2D eigenvalue weighted by molar-refractivity contribution is 6.07. The lowest BCUT2D eigenvalue weighted by Crippen LogP contribution is -2.21. The highest BCUT2D eigenvalue weighted by atomic mass is 15.0. The van der Waals surface area contributed by atoms with Gasteiger partial charge in [0.25, 0.3) is 0 Å². The zero-order valence-corrected chi connectivity index (χ0v) is 13.4.